The van der Waals surface area contributed by atoms with Crippen LogP contribution in [0.3, 0.4) is 0 Å². The normalized spacial score (nSPS) is 10.4. The van der Waals surface area contributed by atoms with Crippen molar-refractivity contribution in [3.8, 4) is 11.5 Å². The largest absolute Gasteiger partial charge is 0.487 e. The molecule has 3 nitrogen and oxygen atoms in total. The highest BCUT2D eigenvalue weighted by atomic mass is 79.9. The van der Waals surface area contributed by atoms with Crippen molar-refractivity contribution in [1.82, 2.24) is 0 Å². The van der Waals surface area contributed by atoms with Crippen molar-refractivity contribution in [3.05, 3.63) is 99.8 Å². The Balaban J connectivity index is 2.03. The standard InChI is InChI=1S/C23H18BrFO3/c1-3-18-20(24)22(27-14-16-10-6-4-7-11-16)19(15(2)21(18)25)23(26)28-17-12-8-5-9-13-17/h3-13H,1,14H2,2H3. The average Bonchev–Trinajstić information content (AvgIpc) is 2.71. The van der Waals surface area contributed by atoms with Crippen LogP contribution >= 0.6 is 15.9 Å². The number of esters is 1. The summed E-state index contributed by atoms with van der Waals surface area (Å²) in [5, 5.41) is 0. The first-order chi connectivity index (χ1) is 13.5. The molecule has 3 rings (SSSR count). The summed E-state index contributed by atoms with van der Waals surface area (Å²) in [5.74, 6) is -0.653. The maximum atomic E-state index is 14.8. The molecular weight excluding hydrogens is 423 g/mol. The van der Waals surface area contributed by atoms with Gasteiger partial charge in [-0.25, -0.2) is 9.18 Å². The Bertz CT molecular complexity index is 1000. The summed E-state index contributed by atoms with van der Waals surface area (Å²) in [6.45, 7) is 5.39. The summed E-state index contributed by atoms with van der Waals surface area (Å²) < 4.78 is 26.5. The molecular formula is C23H18BrFO3. The molecule has 5 heteroatoms. The van der Waals surface area contributed by atoms with E-state index in [1.807, 2.05) is 36.4 Å². The third kappa shape index (κ3) is 4.15. The van der Waals surface area contributed by atoms with Gasteiger partial charge in [0.2, 0.25) is 0 Å². The number of rotatable bonds is 6. The summed E-state index contributed by atoms with van der Waals surface area (Å²) in [4.78, 5) is 12.9. The number of ether oxygens (including phenoxy) is 2. The Kier molecular flexibility index (Phi) is 6.26. The van der Waals surface area contributed by atoms with Gasteiger partial charge < -0.3 is 9.47 Å². The molecule has 0 saturated heterocycles. The fourth-order valence-corrected chi connectivity index (χ4v) is 3.40. The number of halogens is 2. The SMILES string of the molecule is C=Cc1c(F)c(C)c(C(=O)Oc2ccccc2)c(OCc2ccccc2)c1Br. The van der Waals surface area contributed by atoms with E-state index >= 15 is 0 Å². The Morgan fingerprint density at radius 1 is 1.11 bits per heavy atom. The second-order valence-electron chi connectivity index (χ2n) is 6.05. The number of para-hydroxylation sites is 1. The van der Waals surface area contributed by atoms with Crippen molar-refractivity contribution in [2.75, 3.05) is 0 Å². The lowest BCUT2D eigenvalue weighted by Gasteiger charge is -2.18. The number of hydrogen-bond acceptors (Lipinski definition) is 3. The van der Waals surface area contributed by atoms with Gasteiger partial charge in [0.25, 0.3) is 0 Å². The van der Waals surface area contributed by atoms with Crippen LogP contribution in [0.5, 0.6) is 11.5 Å². The fraction of sp³-hybridized carbons (Fsp3) is 0.0870. The first-order valence-corrected chi connectivity index (χ1v) is 9.40. The molecule has 0 aliphatic heterocycles. The molecule has 0 radical (unpaired) electrons. The van der Waals surface area contributed by atoms with E-state index in [0.29, 0.717) is 10.2 Å². The molecule has 0 heterocycles. The third-order valence-corrected chi connectivity index (χ3v) is 4.98. The Morgan fingerprint density at radius 3 is 2.32 bits per heavy atom. The van der Waals surface area contributed by atoms with Crippen molar-refractivity contribution in [2.45, 2.75) is 13.5 Å². The zero-order chi connectivity index (χ0) is 20.1. The Hall–Kier alpha value is -2.92. The molecule has 142 valence electrons. The maximum Gasteiger partial charge on any atom is 0.347 e. The second kappa shape index (κ2) is 8.85. The lowest BCUT2D eigenvalue weighted by atomic mass is 10.0. The highest BCUT2D eigenvalue weighted by Gasteiger charge is 2.26. The summed E-state index contributed by atoms with van der Waals surface area (Å²) in [5.41, 5.74) is 1.33. The van der Waals surface area contributed by atoms with Crippen molar-refractivity contribution < 1.29 is 18.7 Å². The highest BCUT2D eigenvalue weighted by Crippen LogP contribution is 2.39. The summed E-state index contributed by atoms with van der Waals surface area (Å²) in [7, 11) is 0. The fourth-order valence-electron chi connectivity index (χ4n) is 2.75. The quantitative estimate of drug-likeness (QED) is 0.331. The molecule has 0 N–H and O–H groups in total. The van der Waals surface area contributed by atoms with Gasteiger partial charge in [0.05, 0.1) is 4.47 Å². The topological polar surface area (TPSA) is 35.5 Å². The van der Waals surface area contributed by atoms with Crippen LogP contribution in [-0.2, 0) is 6.61 Å². The van der Waals surface area contributed by atoms with Gasteiger partial charge >= 0.3 is 5.97 Å². The van der Waals surface area contributed by atoms with E-state index in [-0.39, 0.29) is 29.0 Å². The lowest BCUT2D eigenvalue weighted by Crippen LogP contribution is -2.15. The highest BCUT2D eigenvalue weighted by molar-refractivity contribution is 9.10. The van der Waals surface area contributed by atoms with Crippen LogP contribution in [0.4, 0.5) is 4.39 Å². The van der Waals surface area contributed by atoms with Crippen LogP contribution in [0.15, 0.2) is 71.7 Å². The van der Waals surface area contributed by atoms with E-state index in [9.17, 15) is 9.18 Å². The lowest BCUT2D eigenvalue weighted by molar-refractivity contribution is 0.0728. The molecule has 0 spiro atoms. The minimum atomic E-state index is -0.693. The van der Waals surface area contributed by atoms with E-state index in [2.05, 4.69) is 22.5 Å². The van der Waals surface area contributed by atoms with Crippen LogP contribution in [0, 0.1) is 12.7 Å². The molecule has 0 aliphatic rings. The monoisotopic (exact) mass is 440 g/mol. The summed E-state index contributed by atoms with van der Waals surface area (Å²) in [6, 6.07) is 18.1. The van der Waals surface area contributed by atoms with Crippen LogP contribution in [0.25, 0.3) is 6.08 Å². The van der Waals surface area contributed by atoms with Crippen molar-refractivity contribution in [3.63, 3.8) is 0 Å². The number of benzene rings is 3. The average molecular weight is 441 g/mol. The number of carbonyl (C=O) groups excluding carboxylic acids is 1. The zero-order valence-electron chi connectivity index (χ0n) is 15.2. The predicted molar refractivity (Wildman–Crippen MR) is 111 cm³/mol. The minimum absolute atomic E-state index is 0.0368. The van der Waals surface area contributed by atoms with E-state index in [1.54, 1.807) is 24.3 Å². The van der Waals surface area contributed by atoms with Crippen LogP contribution in [0.2, 0.25) is 0 Å². The molecule has 0 atom stereocenters. The molecule has 0 aromatic heterocycles. The van der Waals surface area contributed by atoms with E-state index < -0.39 is 11.8 Å². The Labute approximate surface area is 171 Å². The summed E-state index contributed by atoms with van der Waals surface area (Å²) >= 11 is 3.36. The molecule has 3 aromatic carbocycles. The molecule has 0 saturated carbocycles. The Morgan fingerprint density at radius 2 is 1.71 bits per heavy atom. The molecule has 0 unspecified atom stereocenters. The van der Waals surface area contributed by atoms with Crippen LogP contribution < -0.4 is 9.47 Å². The van der Waals surface area contributed by atoms with E-state index in [0.717, 1.165) is 5.56 Å². The van der Waals surface area contributed by atoms with Crippen molar-refractivity contribution >= 4 is 28.0 Å². The molecule has 0 aliphatic carbocycles. The number of carbonyl (C=O) groups is 1. The van der Waals surface area contributed by atoms with Gasteiger partial charge in [0, 0.05) is 11.1 Å². The zero-order valence-corrected chi connectivity index (χ0v) is 16.8. The van der Waals surface area contributed by atoms with Gasteiger partial charge in [0.1, 0.15) is 29.5 Å². The first kappa shape index (κ1) is 19.8. The molecule has 3 aromatic rings. The minimum Gasteiger partial charge on any atom is -0.487 e. The van der Waals surface area contributed by atoms with Gasteiger partial charge in [-0.1, -0.05) is 61.2 Å². The van der Waals surface area contributed by atoms with Gasteiger partial charge in [-0.3, -0.25) is 0 Å². The van der Waals surface area contributed by atoms with E-state index in [1.165, 1.54) is 13.0 Å². The van der Waals surface area contributed by atoms with Gasteiger partial charge in [-0.15, -0.1) is 0 Å². The molecule has 0 amide bonds. The molecule has 28 heavy (non-hydrogen) atoms. The maximum absolute atomic E-state index is 14.8. The molecule has 0 bridgehead atoms. The number of hydrogen-bond donors (Lipinski definition) is 0. The van der Waals surface area contributed by atoms with Crippen molar-refractivity contribution in [2.24, 2.45) is 0 Å². The summed E-state index contributed by atoms with van der Waals surface area (Å²) in [6.07, 6.45) is 1.38. The predicted octanol–water partition coefficient (Wildman–Crippen LogP) is 6.34. The van der Waals surface area contributed by atoms with Gasteiger partial charge in [-0.2, -0.15) is 0 Å². The third-order valence-electron chi connectivity index (χ3n) is 4.19. The smallest absolute Gasteiger partial charge is 0.347 e. The van der Waals surface area contributed by atoms with Crippen molar-refractivity contribution in [1.29, 1.82) is 0 Å². The van der Waals surface area contributed by atoms with Gasteiger partial charge in [0.15, 0.2) is 0 Å². The first-order valence-electron chi connectivity index (χ1n) is 8.60. The second-order valence-corrected chi connectivity index (χ2v) is 6.84. The van der Waals surface area contributed by atoms with Crippen LogP contribution in [-0.4, -0.2) is 5.97 Å². The van der Waals surface area contributed by atoms with Gasteiger partial charge in [-0.05, 0) is 40.5 Å². The molecule has 0 fully saturated rings. The van der Waals surface area contributed by atoms with E-state index in [4.69, 9.17) is 9.47 Å². The van der Waals surface area contributed by atoms with Crippen LogP contribution in [0.1, 0.15) is 27.0 Å².